The Bertz CT molecular complexity index is 703. The summed E-state index contributed by atoms with van der Waals surface area (Å²) in [6.07, 6.45) is 0.908. The molecule has 3 heteroatoms. The van der Waals surface area contributed by atoms with Crippen LogP contribution in [0, 0.1) is 17.2 Å². The minimum atomic E-state index is 0.0585. The van der Waals surface area contributed by atoms with Crippen LogP contribution in [0.5, 0.6) is 0 Å². The van der Waals surface area contributed by atoms with Crippen molar-refractivity contribution in [1.29, 1.82) is 5.26 Å². The van der Waals surface area contributed by atoms with Crippen LogP contribution in [0.1, 0.15) is 23.5 Å². The first-order valence-electron chi connectivity index (χ1n) is 7.03. The lowest BCUT2D eigenvalue weighted by atomic mass is 10.1. The summed E-state index contributed by atoms with van der Waals surface area (Å²) in [5.74, 6) is 0.516. The van der Waals surface area contributed by atoms with Gasteiger partial charge in [-0.15, -0.1) is 0 Å². The summed E-state index contributed by atoms with van der Waals surface area (Å²) >= 11 is 0. The number of nitriles is 1. The van der Waals surface area contributed by atoms with E-state index in [1.165, 1.54) is 5.56 Å². The van der Waals surface area contributed by atoms with E-state index >= 15 is 0 Å². The van der Waals surface area contributed by atoms with Crippen LogP contribution in [-0.2, 0) is 4.79 Å². The molecule has 104 valence electrons. The average Bonchev–Trinajstić information content (AvgIpc) is 3.35. The fourth-order valence-electron chi connectivity index (χ4n) is 2.70. The first-order valence-corrected chi connectivity index (χ1v) is 7.03. The summed E-state index contributed by atoms with van der Waals surface area (Å²) in [6, 6.07) is 19.4. The van der Waals surface area contributed by atoms with E-state index < -0.39 is 0 Å². The Morgan fingerprint density at radius 3 is 2.67 bits per heavy atom. The molecule has 1 amide bonds. The number of benzene rings is 2. The lowest BCUT2D eigenvalue weighted by molar-refractivity contribution is -0.119. The third-order valence-corrected chi connectivity index (χ3v) is 4.03. The van der Waals surface area contributed by atoms with Crippen LogP contribution in [0.4, 0.5) is 5.69 Å². The van der Waals surface area contributed by atoms with Crippen molar-refractivity contribution in [2.75, 3.05) is 11.9 Å². The van der Waals surface area contributed by atoms with Gasteiger partial charge in [-0.25, -0.2) is 0 Å². The van der Waals surface area contributed by atoms with Gasteiger partial charge < -0.3 is 4.90 Å². The number of hydrogen-bond acceptors (Lipinski definition) is 2. The van der Waals surface area contributed by atoms with Crippen molar-refractivity contribution < 1.29 is 4.79 Å². The Hall–Kier alpha value is -2.60. The Morgan fingerprint density at radius 2 is 1.95 bits per heavy atom. The number of nitrogens with zero attached hydrogens (tertiary/aromatic N) is 2. The highest BCUT2D eigenvalue weighted by molar-refractivity contribution is 5.97. The minimum Gasteiger partial charge on any atom is -0.315 e. The molecule has 2 aromatic carbocycles. The van der Waals surface area contributed by atoms with Crippen molar-refractivity contribution in [3.63, 3.8) is 0 Å². The third-order valence-electron chi connectivity index (χ3n) is 4.03. The molecule has 0 aromatic heterocycles. The fraction of sp³-hybridized carbons (Fsp3) is 0.222. The molecule has 0 heterocycles. The molecule has 21 heavy (non-hydrogen) atoms. The van der Waals surface area contributed by atoms with Crippen molar-refractivity contribution in [2.45, 2.75) is 12.3 Å². The second-order valence-electron chi connectivity index (χ2n) is 5.42. The van der Waals surface area contributed by atoms with Gasteiger partial charge >= 0.3 is 0 Å². The average molecular weight is 276 g/mol. The molecular weight excluding hydrogens is 260 g/mol. The molecule has 0 spiro atoms. The number of hydrogen-bond donors (Lipinski definition) is 0. The summed E-state index contributed by atoms with van der Waals surface area (Å²) in [6.45, 7) is 0. The number of anilines is 1. The van der Waals surface area contributed by atoms with E-state index in [0.717, 1.165) is 12.1 Å². The van der Waals surface area contributed by atoms with Gasteiger partial charge in [-0.05, 0) is 36.1 Å². The van der Waals surface area contributed by atoms with E-state index in [-0.39, 0.29) is 11.8 Å². The van der Waals surface area contributed by atoms with Crippen LogP contribution in [-0.4, -0.2) is 13.0 Å². The van der Waals surface area contributed by atoms with Gasteiger partial charge in [0, 0.05) is 18.7 Å². The van der Waals surface area contributed by atoms with Crippen LogP contribution in [0.2, 0.25) is 0 Å². The summed E-state index contributed by atoms with van der Waals surface area (Å²) in [7, 11) is 1.78. The second-order valence-corrected chi connectivity index (χ2v) is 5.42. The zero-order valence-corrected chi connectivity index (χ0v) is 11.9. The summed E-state index contributed by atoms with van der Waals surface area (Å²) in [5, 5.41) is 8.94. The first kappa shape index (κ1) is 13.4. The van der Waals surface area contributed by atoms with Crippen LogP contribution < -0.4 is 4.90 Å². The minimum absolute atomic E-state index is 0.0585. The van der Waals surface area contributed by atoms with Gasteiger partial charge in [0.15, 0.2) is 0 Å². The Morgan fingerprint density at radius 1 is 1.19 bits per heavy atom. The fourth-order valence-corrected chi connectivity index (χ4v) is 2.70. The van der Waals surface area contributed by atoms with Gasteiger partial charge in [-0.2, -0.15) is 5.26 Å². The van der Waals surface area contributed by atoms with Gasteiger partial charge in [0.2, 0.25) is 5.91 Å². The Labute approximate surface area is 124 Å². The zero-order chi connectivity index (χ0) is 14.8. The standard InChI is InChI=1S/C18H16N2O/c1-20(15-9-5-6-13(10-15)12-19)18(21)17-11-16(17)14-7-3-2-4-8-14/h2-10,16-17H,11H2,1H3. The van der Waals surface area contributed by atoms with E-state index in [0.29, 0.717) is 11.5 Å². The van der Waals surface area contributed by atoms with Gasteiger partial charge in [0.25, 0.3) is 0 Å². The first-order chi connectivity index (χ1) is 10.2. The monoisotopic (exact) mass is 276 g/mol. The predicted molar refractivity (Wildman–Crippen MR) is 81.9 cm³/mol. The molecule has 0 aliphatic heterocycles. The van der Waals surface area contributed by atoms with Crippen molar-refractivity contribution in [1.82, 2.24) is 0 Å². The third kappa shape index (κ3) is 2.66. The maximum absolute atomic E-state index is 12.5. The Kier molecular flexibility index (Phi) is 3.45. The molecule has 0 N–H and O–H groups in total. The summed E-state index contributed by atoms with van der Waals surface area (Å²) < 4.78 is 0. The van der Waals surface area contributed by atoms with Crippen molar-refractivity contribution >= 4 is 11.6 Å². The normalized spacial score (nSPS) is 19.6. The van der Waals surface area contributed by atoms with Crippen LogP contribution in [0.15, 0.2) is 54.6 Å². The molecule has 3 nitrogen and oxygen atoms in total. The molecule has 2 atom stereocenters. The van der Waals surface area contributed by atoms with Crippen molar-refractivity contribution in [3.05, 3.63) is 65.7 Å². The van der Waals surface area contributed by atoms with Crippen LogP contribution in [0.25, 0.3) is 0 Å². The zero-order valence-electron chi connectivity index (χ0n) is 11.9. The smallest absolute Gasteiger partial charge is 0.230 e. The lowest BCUT2D eigenvalue weighted by Gasteiger charge is -2.17. The van der Waals surface area contributed by atoms with E-state index in [1.54, 1.807) is 30.1 Å². The number of carbonyl (C=O) groups excluding carboxylic acids is 1. The summed E-state index contributed by atoms with van der Waals surface area (Å²) in [5.41, 5.74) is 2.58. The molecule has 2 unspecified atom stereocenters. The van der Waals surface area contributed by atoms with Crippen molar-refractivity contribution in [3.8, 4) is 6.07 Å². The molecule has 1 saturated carbocycles. The topological polar surface area (TPSA) is 44.1 Å². The summed E-state index contributed by atoms with van der Waals surface area (Å²) in [4.78, 5) is 14.2. The molecular formula is C18H16N2O. The number of amides is 1. The van der Waals surface area contributed by atoms with E-state index in [2.05, 4.69) is 18.2 Å². The molecule has 0 bridgehead atoms. The van der Waals surface area contributed by atoms with Gasteiger partial charge in [0.1, 0.15) is 0 Å². The highest BCUT2D eigenvalue weighted by atomic mass is 16.2. The van der Waals surface area contributed by atoms with E-state index in [9.17, 15) is 4.79 Å². The number of rotatable bonds is 3. The van der Waals surface area contributed by atoms with E-state index in [4.69, 9.17) is 5.26 Å². The Balaban J connectivity index is 1.73. The largest absolute Gasteiger partial charge is 0.315 e. The second kappa shape index (κ2) is 5.41. The maximum atomic E-state index is 12.5. The van der Waals surface area contributed by atoms with Gasteiger partial charge in [-0.3, -0.25) is 4.79 Å². The molecule has 1 aliphatic carbocycles. The van der Waals surface area contributed by atoms with Gasteiger partial charge in [0.05, 0.1) is 11.6 Å². The molecule has 3 rings (SSSR count). The highest BCUT2D eigenvalue weighted by Gasteiger charge is 2.45. The molecule has 1 fully saturated rings. The van der Waals surface area contributed by atoms with Crippen LogP contribution in [0.3, 0.4) is 0 Å². The SMILES string of the molecule is CN(C(=O)C1CC1c1ccccc1)c1cccc(C#N)c1. The highest BCUT2D eigenvalue weighted by Crippen LogP contribution is 2.48. The van der Waals surface area contributed by atoms with E-state index in [1.807, 2.05) is 24.3 Å². The molecule has 2 aromatic rings. The predicted octanol–water partition coefficient (Wildman–Crippen LogP) is 3.32. The molecule has 1 aliphatic rings. The maximum Gasteiger partial charge on any atom is 0.230 e. The number of carbonyl (C=O) groups is 1. The molecule has 0 radical (unpaired) electrons. The molecule has 0 saturated heterocycles. The van der Waals surface area contributed by atoms with Crippen molar-refractivity contribution in [2.24, 2.45) is 5.92 Å². The quantitative estimate of drug-likeness (QED) is 0.863. The van der Waals surface area contributed by atoms with Gasteiger partial charge in [-0.1, -0.05) is 36.4 Å². The lowest BCUT2D eigenvalue weighted by Crippen LogP contribution is -2.28. The van der Waals surface area contributed by atoms with Crippen LogP contribution >= 0.6 is 0 Å².